The van der Waals surface area contributed by atoms with E-state index in [1.54, 1.807) is 31.8 Å². The number of anilines is 2. The van der Waals surface area contributed by atoms with Crippen molar-refractivity contribution in [2.24, 2.45) is 14.1 Å². The van der Waals surface area contributed by atoms with Gasteiger partial charge in [-0.25, -0.2) is 0 Å². The second-order valence-electron chi connectivity index (χ2n) is 7.99. The van der Waals surface area contributed by atoms with Gasteiger partial charge >= 0.3 is 5.69 Å². The summed E-state index contributed by atoms with van der Waals surface area (Å²) in [6, 6.07) is 7.57. The molecule has 0 aliphatic rings. The predicted octanol–water partition coefficient (Wildman–Crippen LogP) is 3.36. The number of carbonyl (C=O) groups excluding carboxylic acids is 2. The Bertz CT molecular complexity index is 1470. The largest absolute Gasteiger partial charge is 0.479 e. The fraction of sp³-hybridized carbons (Fsp3) is 0.217. The number of benzene rings is 1. The van der Waals surface area contributed by atoms with Gasteiger partial charge in [-0.3, -0.25) is 29.1 Å². The molecule has 0 unspecified atom stereocenters. The number of rotatable bonds is 8. The van der Waals surface area contributed by atoms with E-state index >= 15 is 0 Å². The minimum absolute atomic E-state index is 0.0367. The Kier molecular flexibility index (Phi) is 6.54. The zero-order valence-corrected chi connectivity index (χ0v) is 19.9. The minimum Gasteiger partial charge on any atom is -0.479 e. The summed E-state index contributed by atoms with van der Waals surface area (Å²) in [5, 5.41) is 24.8. The maximum Gasteiger partial charge on any atom is 0.311 e. The molecule has 186 valence electrons. The number of hydrogen-bond acceptors (Lipinski definition) is 8. The highest BCUT2D eigenvalue weighted by Crippen LogP contribution is 2.29. The molecule has 4 rings (SSSR count). The number of nitro benzene ring substituents is 1. The standard InChI is InChI=1S/C23H23N7O6/c1-13-5-7-19(18(9-13)30(33)34)35-12-15-6-8-20(36-15)22(31)27-17-11-25-29(4)21(17)23(32)26-16-10-24-28(3)14(16)2/h5-11H,12H2,1-4H3,(H,26,32)(H,27,31). The molecule has 2 N–H and O–H groups in total. The molecule has 0 aliphatic carbocycles. The van der Waals surface area contributed by atoms with Gasteiger partial charge in [-0.2, -0.15) is 10.2 Å². The molecule has 0 fully saturated rings. The van der Waals surface area contributed by atoms with E-state index in [9.17, 15) is 19.7 Å². The van der Waals surface area contributed by atoms with Crippen LogP contribution in [0.4, 0.5) is 17.1 Å². The molecule has 13 nitrogen and oxygen atoms in total. The smallest absolute Gasteiger partial charge is 0.311 e. The normalized spacial score (nSPS) is 10.8. The summed E-state index contributed by atoms with van der Waals surface area (Å²) in [6.07, 6.45) is 2.88. The summed E-state index contributed by atoms with van der Waals surface area (Å²) in [6.45, 7) is 3.43. The highest BCUT2D eigenvalue weighted by molar-refractivity contribution is 6.11. The van der Waals surface area contributed by atoms with Crippen molar-refractivity contribution >= 4 is 28.9 Å². The highest BCUT2D eigenvalue weighted by atomic mass is 16.6. The van der Waals surface area contributed by atoms with Crippen molar-refractivity contribution < 1.29 is 23.7 Å². The average molecular weight is 493 g/mol. The Morgan fingerprint density at radius 2 is 1.72 bits per heavy atom. The van der Waals surface area contributed by atoms with Gasteiger partial charge in [-0.1, -0.05) is 6.07 Å². The van der Waals surface area contributed by atoms with Gasteiger partial charge in [-0.15, -0.1) is 0 Å². The predicted molar refractivity (Wildman–Crippen MR) is 128 cm³/mol. The lowest BCUT2D eigenvalue weighted by Gasteiger charge is -2.08. The molecule has 0 spiro atoms. The summed E-state index contributed by atoms with van der Waals surface area (Å²) < 4.78 is 14.0. The van der Waals surface area contributed by atoms with Gasteiger partial charge in [0.15, 0.2) is 11.5 Å². The number of nitro groups is 1. The quantitative estimate of drug-likeness (QED) is 0.279. The maximum absolute atomic E-state index is 12.9. The Morgan fingerprint density at radius 3 is 2.42 bits per heavy atom. The van der Waals surface area contributed by atoms with Crippen molar-refractivity contribution in [1.82, 2.24) is 19.6 Å². The van der Waals surface area contributed by atoms with Crippen LogP contribution in [0.5, 0.6) is 5.75 Å². The van der Waals surface area contributed by atoms with E-state index in [1.165, 1.54) is 41.3 Å². The van der Waals surface area contributed by atoms with Crippen LogP contribution in [0.15, 0.2) is 47.1 Å². The van der Waals surface area contributed by atoms with Crippen LogP contribution in [0.2, 0.25) is 0 Å². The zero-order valence-electron chi connectivity index (χ0n) is 19.9. The molecule has 36 heavy (non-hydrogen) atoms. The van der Waals surface area contributed by atoms with Crippen LogP contribution in [0.25, 0.3) is 0 Å². The Balaban J connectivity index is 1.44. The van der Waals surface area contributed by atoms with Crippen LogP contribution >= 0.6 is 0 Å². The van der Waals surface area contributed by atoms with Gasteiger partial charge in [0.25, 0.3) is 11.8 Å². The van der Waals surface area contributed by atoms with Gasteiger partial charge in [0.1, 0.15) is 18.1 Å². The first-order valence-corrected chi connectivity index (χ1v) is 10.7. The van der Waals surface area contributed by atoms with Gasteiger partial charge < -0.3 is 19.8 Å². The molecule has 1 aromatic carbocycles. The molecular formula is C23H23N7O6. The fourth-order valence-electron chi connectivity index (χ4n) is 3.40. The van der Waals surface area contributed by atoms with Crippen molar-refractivity contribution in [1.29, 1.82) is 0 Å². The van der Waals surface area contributed by atoms with E-state index < -0.39 is 16.7 Å². The molecule has 0 saturated carbocycles. The van der Waals surface area contributed by atoms with Crippen LogP contribution in [0, 0.1) is 24.0 Å². The fourth-order valence-corrected chi connectivity index (χ4v) is 3.40. The molecule has 0 atom stereocenters. The Morgan fingerprint density at radius 1 is 1.03 bits per heavy atom. The first-order valence-electron chi connectivity index (χ1n) is 10.7. The minimum atomic E-state index is -0.609. The molecule has 4 aromatic rings. The number of ether oxygens (including phenoxy) is 1. The Labute approximate surface area is 204 Å². The highest BCUT2D eigenvalue weighted by Gasteiger charge is 2.22. The summed E-state index contributed by atoms with van der Waals surface area (Å²) >= 11 is 0. The monoisotopic (exact) mass is 493 g/mol. The summed E-state index contributed by atoms with van der Waals surface area (Å²) in [5.41, 5.74) is 2.18. The maximum atomic E-state index is 12.9. The number of carbonyl (C=O) groups is 2. The molecular weight excluding hydrogens is 470 g/mol. The van der Waals surface area contributed by atoms with Gasteiger partial charge in [0, 0.05) is 20.2 Å². The third-order valence-electron chi connectivity index (χ3n) is 5.45. The molecule has 2 amide bonds. The van der Waals surface area contributed by atoms with Crippen LogP contribution in [-0.2, 0) is 20.7 Å². The van der Waals surface area contributed by atoms with Crippen molar-refractivity contribution in [3.8, 4) is 5.75 Å². The topological polar surface area (TPSA) is 159 Å². The molecule has 3 aromatic heterocycles. The summed E-state index contributed by atoms with van der Waals surface area (Å²) in [5.74, 6) is -0.754. The number of hydrogen-bond donors (Lipinski definition) is 2. The van der Waals surface area contributed by atoms with E-state index in [0.29, 0.717) is 5.69 Å². The van der Waals surface area contributed by atoms with Crippen LogP contribution in [-0.4, -0.2) is 36.3 Å². The second-order valence-corrected chi connectivity index (χ2v) is 7.99. The first-order chi connectivity index (χ1) is 17.1. The Hall–Kier alpha value is -4.94. The van der Waals surface area contributed by atoms with E-state index in [4.69, 9.17) is 9.15 Å². The van der Waals surface area contributed by atoms with Gasteiger partial charge in [-0.05, 0) is 37.6 Å². The number of nitrogens with zero attached hydrogens (tertiary/aromatic N) is 5. The molecule has 0 aliphatic heterocycles. The van der Waals surface area contributed by atoms with Crippen molar-refractivity contribution in [3.05, 3.63) is 81.3 Å². The third-order valence-corrected chi connectivity index (χ3v) is 5.45. The number of aryl methyl sites for hydroxylation is 3. The molecule has 0 saturated heterocycles. The van der Waals surface area contributed by atoms with E-state index in [2.05, 4.69) is 20.8 Å². The van der Waals surface area contributed by atoms with Gasteiger partial charge in [0.2, 0.25) is 0 Å². The van der Waals surface area contributed by atoms with Crippen molar-refractivity contribution in [2.75, 3.05) is 10.6 Å². The molecule has 13 heteroatoms. The zero-order chi connectivity index (χ0) is 26.0. The van der Waals surface area contributed by atoms with Crippen molar-refractivity contribution in [3.63, 3.8) is 0 Å². The van der Waals surface area contributed by atoms with Crippen molar-refractivity contribution in [2.45, 2.75) is 20.5 Å². The number of amides is 2. The number of nitrogens with one attached hydrogen (secondary N) is 2. The van der Waals surface area contributed by atoms with E-state index in [0.717, 1.165) is 11.3 Å². The van der Waals surface area contributed by atoms with Gasteiger partial charge in [0.05, 0.1) is 34.4 Å². The average Bonchev–Trinajstić information content (AvgIpc) is 3.54. The lowest BCUT2D eigenvalue weighted by molar-refractivity contribution is -0.386. The third kappa shape index (κ3) is 4.94. The summed E-state index contributed by atoms with van der Waals surface area (Å²) in [4.78, 5) is 36.4. The molecule has 3 heterocycles. The molecule has 0 bridgehead atoms. The first kappa shape index (κ1) is 24.2. The number of furan rings is 1. The van der Waals surface area contributed by atoms with E-state index in [1.807, 2.05) is 6.92 Å². The molecule has 0 radical (unpaired) electrons. The van der Waals surface area contributed by atoms with E-state index in [-0.39, 0.29) is 40.9 Å². The summed E-state index contributed by atoms with van der Waals surface area (Å²) in [7, 11) is 3.33. The number of aromatic nitrogens is 4. The van der Waals surface area contributed by atoms with Crippen LogP contribution in [0.1, 0.15) is 38.1 Å². The second kappa shape index (κ2) is 9.74. The lowest BCUT2D eigenvalue weighted by Crippen LogP contribution is -2.20. The van der Waals surface area contributed by atoms with Crippen LogP contribution < -0.4 is 15.4 Å². The lowest BCUT2D eigenvalue weighted by atomic mass is 10.2. The SMILES string of the molecule is Cc1ccc(OCc2ccc(C(=O)Nc3cnn(C)c3C(=O)Nc3cnn(C)c3C)o2)c([N+](=O)[O-])c1. The van der Waals surface area contributed by atoms with Crippen LogP contribution in [0.3, 0.4) is 0 Å².